The van der Waals surface area contributed by atoms with Crippen molar-refractivity contribution in [2.24, 2.45) is 0 Å². The van der Waals surface area contributed by atoms with Crippen molar-refractivity contribution in [3.63, 3.8) is 0 Å². The van der Waals surface area contributed by atoms with Crippen LogP contribution >= 0.6 is 0 Å². The van der Waals surface area contributed by atoms with Gasteiger partial charge in [-0.1, -0.05) is 24.3 Å². The first-order valence-corrected chi connectivity index (χ1v) is 9.50. The number of carbonyl (C=O) groups excluding carboxylic acids is 1. The Morgan fingerprint density at radius 1 is 1.17 bits per heavy atom. The Balaban J connectivity index is 1.92. The van der Waals surface area contributed by atoms with Crippen LogP contribution in [-0.4, -0.2) is 36.6 Å². The number of aryl methyl sites for hydroxylation is 1. The van der Waals surface area contributed by atoms with E-state index in [9.17, 15) is 9.18 Å². The minimum Gasteiger partial charge on any atom is -0.494 e. The second-order valence-corrected chi connectivity index (χ2v) is 6.94. The maximum atomic E-state index is 14.0. The number of esters is 1. The molecule has 0 aliphatic heterocycles. The Morgan fingerprint density at radius 2 is 1.93 bits per heavy atom. The van der Waals surface area contributed by atoms with Gasteiger partial charge in [0.25, 0.3) is 0 Å². The summed E-state index contributed by atoms with van der Waals surface area (Å²) in [5.74, 6) is -0.555. The van der Waals surface area contributed by atoms with Gasteiger partial charge in [-0.25, -0.2) is 9.18 Å². The molecule has 1 aromatic heterocycles. The lowest BCUT2D eigenvalue weighted by Crippen LogP contribution is -2.22. The molecule has 2 aromatic carbocycles. The predicted octanol–water partition coefficient (Wildman–Crippen LogP) is 4.50. The second-order valence-electron chi connectivity index (χ2n) is 6.94. The number of aromatic nitrogens is 1. The van der Waals surface area contributed by atoms with Crippen LogP contribution in [0.2, 0.25) is 0 Å². The fraction of sp³-hybridized carbons (Fsp3) is 0.304. The average Bonchev–Trinajstić information content (AvgIpc) is 2.68. The van der Waals surface area contributed by atoms with Crippen LogP contribution in [0, 0.1) is 12.7 Å². The van der Waals surface area contributed by atoms with E-state index in [0.29, 0.717) is 31.0 Å². The van der Waals surface area contributed by atoms with E-state index in [4.69, 9.17) is 14.5 Å². The van der Waals surface area contributed by atoms with Gasteiger partial charge in [0.05, 0.1) is 30.5 Å². The molecule has 0 bridgehead atoms. The van der Waals surface area contributed by atoms with Crippen LogP contribution in [0.4, 0.5) is 4.39 Å². The third-order valence-electron chi connectivity index (χ3n) is 4.79. The van der Waals surface area contributed by atoms with Gasteiger partial charge in [-0.05, 0) is 50.2 Å². The second kappa shape index (κ2) is 9.01. The SMILES string of the molecule is CCOC(=O)c1c(CN(C)Cc2ccc(OC)c(F)c2)nc2ccccc2c1C. The van der Waals surface area contributed by atoms with Gasteiger partial charge in [-0.15, -0.1) is 0 Å². The van der Waals surface area contributed by atoms with Gasteiger partial charge in [0, 0.05) is 18.5 Å². The zero-order valence-corrected chi connectivity index (χ0v) is 17.2. The highest BCUT2D eigenvalue weighted by Gasteiger charge is 2.21. The molecule has 0 unspecified atom stereocenters. The van der Waals surface area contributed by atoms with Crippen molar-refractivity contribution in [1.82, 2.24) is 9.88 Å². The highest BCUT2D eigenvalue weighted by atomic mass is 19.1. The molecular formula is C23H25FN2O3. The molecule has 1 heterocycles. The number of para-hydroxylation sites is 1. The van der Waals surface area contributed by atoms with E-state index < -0.39 is 5.82 Å². The summed E-state index contributed by atoms with van der Waals surface area (Å²) in [5, 5.41) is 0.930. The van der Waals surface area contributed by atoms with E-state index in [-0.39, 0.29) is 11.7 Å². The number of rotatable bonds is 7. The molecule has 3 aromatic rings. The summed E-state index contributed by atoms with van der Waals surface area (Å²) in [6.45, 7) is 4.92. The monoisotopic (exact) mass is 396 g/mol. The Labute approximate surface area is 170 Å². The molecule has 3 rings (SSSR count). The maximum Gasteiger partial charge on any atom is 0.340 e. The lowest BCUT2D eigenvalue weighted by Gasteiger charge is -2.20. The summed E-state index contributed by atoms with van der Waals surface area (Å²) >= 11 is 0. The van der Waals surface area contributed by atoms with Crippen LogP contribution in [0.25, 0.3) is 10.9 Å². The summed E-state index contributed by atoms with van der Waals surface area (Å²) in [5.41, 5.74) is 3.64. The first-order valence-electron chi connectivity index (χ1n) is 9.50. The fourth-order valence-electron chi connectivity index (χ4n) is 3.46. The van der Waals surface area contributed by atoms with Gasteiger partial charge >= 0.3 is 5.97 Å². The number of ether oxygens (including phenoxy) is 2. The molecule has 0 amide bonds. The Morgan fingerprint density at radius 3 is 2.62 bits per heavy atom. The van der Waals surface area contributed by atoms with E-state index >= 15 is 0 Å². The van der Waals surface area contributed by atoms with Gasteiger partial charge in [0.2, 0.25) is 0 Å². The molecule has 29 heavy (non-hydrogen) atoms. The summed E-state index contributed by atoms with van der Waals surface area (Å²) in [7, 11) is 3.35. The number of pyridine rings is 1. The molecule has 6 heteroatoms. The van der Waals surface area contributed by atoms with Crippen LogP contribution in [0.5, 0.6) is 5.75 Å². The standard InChI is InChI=1S/C23H25FN2O3/c1-5-29-23(27)22-15(2)17-8-6-7-9-19(17)25-20(22)14-26(3)13-16-10-11-21(28-4)18(24)12-16/h6-12H,5,13-14H2,1-4H3. The normalized spacial score (nSPS) is 11.1. The van der Waals surface area contributed by atoms with Crippen molar-refractivity contribution in [2.75, 3.05) is 20.8 Å². The molecule has 5 nitrogen and oxygen atoms in total. The smallest absolute Gasteiger partial charge is 0.340 e. The predicted molar refractivity (Wildman–Crippen MR) is 111 cm³/mol. The van der Waals surface area contributed by atoms with E-state index in [0.717, 1.165) is 22.0 Å². The topological polar surface area (TPSA) is 51.7 Å². The summed E-state index contributed by atoms with van der Waals surface area (Å²) < 4.78 is 24.2. The number of carbonyl (C=O) groups is 1. The van der Waals surface area contributed by atoms with Gasteiger partial charge in [-0.3, -0.25) is 9.88 Å². The first-order chi connectivity index (χ1) is 13.9. The highest BCUT2D eigenvalue weighted by molar-refractivity contribution is 5.98. The average molecular weight is 396 g/mol. The van der Waals surface area contributed by atoms with Crippen LogP contribution < -0.4 is 4.74 Å². The number of hydrogen-bond acceptors (Lipinski definition) is 5. The van der Waals surface area contributed by atoms with E-state index in [2.05, 4.69) is 0 Å². The lowest BCUT2D eigenvalue weighted by molar-refractivity contribution is 0.0522. The van der Waals surface area contributed by atoms with Crippen molar-refractivity contribution in [2.45, 2.75) is 26.9 Å². The van der Waals surface area contributed by atoms with Crippen LogP contribution in [0.3, 0.4) is 0 Å². The molecule has 0 saturated carbocycles. The molecule has 0 spiro atoms. The van der Waals surface area contributed by atoms with Gasteiger partial charge in [0.1, 0.15) is 0 Å². The minimum absolute atomic E-state index is 0.216. The van der Waals surface area contributed by atoms with E-state index in [1.165, 1.54) is 13.2 Å². The molecule has 0 aliphatic carbocycles. The lowest BCUT2D eigenvalue weighted by atomic mass is 10.0. The molecule has 0 atom stereocenters. The van der Waals surface area contributed by atoms with Crippen molar-refractivity contribution < 1.29 is 18.7 Å². The molecule has 0 N–H and O–H groups in total. The first kappa shape index (κ1) is 20.7. The molecule has 0 aliphatic rings. The zero-order valence-electron chi connectivity index (χ0n) is 17.2. The van der Waals surface area contributed by atoms with Gasteiger partial charge in [0.15, 0.2) is 11.6 Å². The molecular weight excluding hydrogens is 371 g/mol. The van der Waals surface area contributed by atoms with Crippen LogP contribution in [0.15, 0.2) is 42.5 Å². The minimum atomic E-state index is -0.398. The van der Waals surface area contributed by atoms with Crippen LogP contribution in [0.1, 0.15) is 34.1 Å². The number of fused-ring (bicyclic) bond motifs is 1. The molecule has 0 fully saturated rings. The Hall–Kier alpha value is -2.99. The Kier molecular flexibility index (Phi) is 6.44. The van der Waals surface area contributed by atoms with Crippen LogP contribution in [-0.2, 0) is 17.8 Å². The van der Waals surface area contributed by atoms with Crippen molar-refractivity contribution in [3.05, 3.63) is 70.7 Å². The Bertz CT molecular complexity index is 1040. The van der Waals surface area contributed by atoms with Crippen molar-refractivity contribution in [1.29, 1.82) is 0 Å². The third-order valence-corrected chi connectivity index (χ3v) is 4.79. The molecule has 0 saturated heterocycles. The van der Waals surface area contributed by atoms with Crippen molar-refractivity contribution in [3.8, 4) is 5.75 Å². The number of methoxy groups -OCH3 is 1. The number of halogens is 1. The highest BCUT2D eigenvalue weighted by Crippen LogP contribution is 2.25. The summed E-state index contributed by atoms with van der Waals surface area (Å²) in [6, 6.07) is 12.6. The molecule has 152 valence electrons. The summed E-state index contributed by atoms with van der Waals surface area (Å²) in [4.78, 5) is 19.4. The summed E-state index contributed by atoms with van der Waals surface area (Å²) in [6.07, 6.45) is 0. The van der Waals surface area contributed by atoms with E-state index in [1.54, 1.807) is 13.0 Å². The largest absolute Gasteiger partial charge is 0.494 e. The van der Waals surface area contributed by atoms with Gasteiger partial charge in [-0.2, -0.15) is 0 Å². The fourth-order valence-corrected chi connectivity index (χ4v) is 3.46. The maximum absolute atomic E-state index is 14.0. The number of nitrogens with zero attached hydrogens (tertiary/aromatic N) is 2. The quantitative estimate of drug-likeness (QED) is 0.551. The molecule has 0 radical (unpaired) electrons. The van der Waals surface area contributed by atoms with Crippen molar-refractivity contribution >= 4 is 16.9 Å². The van der Waals surface area contributed by atoms with Gasteiger partial charge < -0.3 is 9.47 Å². The zero-order chi connectivity index (χ0) is 21.0. The van der Waals surface area contributed by atoms with E-state index in [1.807, 2.05) is 49.2 Å². The third kappa shape index (κ3) is 4.54. The number of hydrogen-bond donors (Lipinski definition) is 0. The number of benzene rings is 2.